The number of ether oxygens (including phenoxy) is 1. The van der Waals surface area contributed by atoms with Crippen molar-refractivity contribution in [1.29, 1.82) is 0 Å². The summed E-state index contributed by atoms with van der Waals surface area (Å²) in [6, 6.07) is 0. The maximum Gasteiger partial charge on any atom is 0.194 e. The van der Waals surface area contributed by atoms with E-state index in [9.17, 15) is 0 Å². The molecule has 0 radical (unpaired) electrons. The Morgan fingerprint density at radius 2 is 2.40 bits per heavy atom. The van der Waals surface area contributed by atoms with Gasteiger partial charge >= 0.3 is 0 Å². The number of nitrogens with two attached hydrogens (primary N) is 1. The summed E-state index contributed by atoms with van der Waals surface area (Å²) < 4.78 is 5.74. The zero-order chi connectivity index (χ0) is 10.9. The number of tetrazole rings is 1. The summed E-state index contributed by atoms with van der Waals surface area (Å²) >= 11 is 0. The summed E-state index contributed by atoms with van der Waals surface area (Å²) in [7, 11) is 0. The summed E-state index contributed by atoms with van der Waals surface area (Å²) in [6.07, 6.45) is 2.40. The first-order chi connectivity index (χ1) is 7.08. The van der Waals surface area contributed by atoms with Crippen LogP contribution in [0.5, 0.6) is 0 Å². The van der Waals surface area contributed by atoms with Gasteiger partial charge in [-0.1, -0.05) is 12.1 Å². The lowest BCUT2D eigenvalue weighted by atomic mass is 9.79. The zero-order valence-electron chi connectivity index (χ0n) is 9.16. The molecule has 0 bridgehead atoms. The maximum atomic E-state index is 6.31. The van der Waals surface area contributed by atoms with E-state index in [0.29, 0.717) is 12.4 Å². The topological polar surface area (TPSA) is 89.7 Å². The minimum Gasteiger partial charge on any atom is -0.375 e. The Labute approximate surface area is 88.6 Å². The van der Waals surface area contributed by atoms with Gasteiger partial charge in [-0.25, -0.2) is 0 Å². The van der Waals surface area contributed by atoms with Gasteiger partial charge in [-0.05, 0) is 19.8 Å². The lowest BCUT2D eigenvalue weighted by molar-refractivity contribution is -0.0970. The highest BCUT2D eigenvalue weighted by molar-refractivity contribution is 5.06. The van der Waals surface area contributed by atoms with E-state index in [1.807, 2.05) is 0 Å². The number of aromatic amines is 1. The third-order valence-corrected chi connectivity index (χ3v) is 3.23. The van der Waals surface area contributed by atoms with Gasteiger partial charge < -0.3 is 10.5 Å². The number of hydrogen-bond acceptors (Lipinski definition) is 5. The van der Waals surface area contributed by atoms with E-state index in [4.69, 9.17) is 10.5 Å². The SMILES string of the molecule is CCC1(C)CC(N)(c2nn[nH]n2)CCO1. The number of aromatic nitrogens is 4. The van der Waals surface area contributed by atoms with Crippen molar-refractivity contribution in [3.05, 3.63) is 5.82 Å². The van der Waals surface area contributed by atoms with Crippen LogP contribution in [0.15, 0.2) is 0 Å². The Kier molecular flexibility index (Phi) is 2.47. The Morgan fingerprint density at radius 3 is 3.00 bits per heavy atom. The van der Waals surface area contributed by atoms with Crippen molar-refractivity contribution in [1.82, 2.24) is 20.6 Å². The van der Waals surface area contributed by atoms with Gasteiger partial charge in [0.2, 0.25) is 0 Å². The fraction of sp³-hybridized carbons (Fsp3) is 0.889. The van der Waals surface area contributed by atoms with Crippen LogP contribution < -0.4 is 5.73 Å². The maximum absolute atomic E-state index is 6.31. The van der Waals surface area contributed by atoms with E-state index in [1.54, 1.807) is 0 Å². The molecule has 0 saturated carbocycles. The molecule has 1 aromatic rings. The molecule has 2 unspecified atom stereocenters. The van der Waals surface area contributed by atoms with Crippen LogP contribution in [-0.2, 0) is 10.3 Å². The van der Waals surface area contributed by atoms with Gasteiger partial charge in [0.05, 0.1) is 11.1 Å². The smallest absolute Gasteiger partial charge is 0.194 e. The van der Waals surface area contributed by atoms with Crippen molar-refractivity contribution >= 4 is 0 Å². The molecule has 6 nitrogen and oxygen atoms in total. The van der Waals surface area contributed by atoms with Crippen LogP contribution in [0.4, 0.5) is 0 Å². The van der Waals surface area contributed by atoms with Crippen LogP contribution in [-0.4, -0.2) is 32.8 Å². The Bertz CT molecular complexity index is 327. The molecule has 3 N–H and O–H groups in total. The summed E-state index contributed by atoms with van der Waals surface area (Å²) in [5.41, 5.74) is 5.63. The first kappa shape index (κ1) is 10.5. The first-order valence-electron chi connectivity index (χ1n) is 5.25. The normalized spacial score (nSPS) is 36.7. The van der Waals surface area contributed by atoms with Crippen LogP contribution in [0.1, 0.15) is 38.9 Å². The molecule has 84 valence electrons. The third-order valence-electron chi connectivity index (χ3n) is 3.23. The molecule has 1 saturated heterocycles. The Hall–Kier alpha value is -1.01. The van der Waals surface area contributed by atoms with E-state index in [1.165, 1.54) is 0 Å². The third kappa shape index (κ3) is 1.87. The molecule has 0 aromatic carbocycles. The largest absolute Gasteiger partial charge is 0.375 e. The molecule has 0 amide bonds. The second-order valence-electron chi connectivity index (χ2n) is 4.47. The van der Waals surface area contributed by atoms with Crippen molar-refractivity contribution in [2.75, 3.05) is 6.61 Å². The number of H-pyrrole nitrogens is 1. The molecule has 0 aliphatic carbocycles. The predicted molar refractivity (Wildman–Crippen MR) is 53.9 cm³/mol. The van der Waals surface area contributed by atoms with E-state index in [0.717, 1.165) is 19.3 Å². The van der Waals surface area contributed by atoms with Gasteiger partial charge in [0, 0.05) is 13.0 Å². The molecule has 2 atom stereocenters. The van der Waals surface area contributed by atoms with Crippen LogP contribution in [0, 0.1) is 0 Å². The fourth-order valence-corrected chi connectivity index (χ4v) is 2.08. The Morgan fingerprint density at radius 1 is 1.60 bits per heavy atom. The number of rotatable bonds is 2. The summed E-state index contributed by atoms with van der Waals surface area (Å²) in [6.45, 7) is 4.82. The molecule has 1 fully saturated rings. The van der Waals surface area contributed by atoms with Gasteiger partial charge in [0.15, 0.2) is 5.82 Å². The van der Waals surface area contributed by atoms with Gasteiger partial charge in [0.25, 0.3) is 0 Å². The molecule has 2 rings (SSSR count). The summed E-state index contributed by atoms with van der Waals surface area (Å²) in [4.78, 5) is 0. The number of hydrogen-bond donors (Lipinski definition) is 2. The van der Waals surface area contributed by atoms with Crippen LogP contribution in [0.2, 0.25) is 0 Å². The van der Waals surface area contributed by atoms with Crippen LogP contribution in [0.25, 0.3) is 0 Å². The average molecular weight is 211 g/mol. The zero-order valence-corrected chi connectivity index (χ0v) is 9.16. The van der Waals surface area contributed by atoms with E-state index < -0.39 is 5.54 Å². The van der Waals surface area contributed by atoms with Crippen LogP contribution in [0.3, 0.4) is 0 Å². The highest BCUT2D eigenvalue weighted by Crippen LogP contribution is 2.37. The van der Waals surface area contributed by atoms with Gasteiger partial charge in [0.1, 0.15) is 0 Å². The predicted octanol–water partition coefficient (Wildman–Crippen LogP) is 0.333. The molecule has 6 heteroatoms. The molecule has 0 spiro atoms. The molecular weight excluding hydrogens is 194 g/mol. The molecule has 1 aliphatic rings. The van der Waals surface area contributed by atoms with Crippen LogP contribution >= 0.6 is 0 Å². The highest BCUT2D eigenvalue weighted by atomic mass is 16.5. The van der Waals surface area contributed by atoms with Gasteiger partial charge in [-0.15, -0.1) is 10.2 Å². The Balaban J connectivity index is 2.22. The van der Waals surface area contributed by atoms with E-state index in [2.05, 4.69) is 34.5 Å². The monoisotopic (exact) mass is 211 g/mol. The first-order valence-corrected chi connectivity index (χ1v) is 5.25. The fourth-order valence-electron chi connectivity index (χ4n) is 2.08. The van der Waals surface area contributed by atoms with Crippen molar-refractivity contribution in [2.45, 2.75) is 44.2 Å². The lowest BCUT2D eigenvalue weighted by Crippen LogP contribution is -2.51. The molecular formula is C9H17N5O. The summed E-state index contributed by atoms with van der Waals surface area (Å²) in [5, 5.41) is 14.0. The number of nitrogens with one attached hydrogen (secondary N) is 1. The molecule has 1 aliphatic heterocycles. The van der Waals surface area contributed by atoms with E-state index >= 15 is 0 Å². The average Bonchev–Trinajstić information content (AvgIpc) is 2.71. The lowest BCUT2D eigenvalue weighted by Gasteiger charge is -2.42. The second-order valence-corrected chi connectivity index (χ2v) is 4.47. The number of nitrogens with zero attached hydrogens (tertiary/aromatic N) is 3. The van der Waals surface area contributed by atoms with Gasteiger partial charge in [-0.2, -0.15) is 5.21 Å². The highest BCUT2D eigenvalue weighted by Gasteiger charge is 2.43. The summed E-state index contributed by atoms with van der Waals surface area (Å²) in [5.74, 6) is 0.588. The molecule has 1 aromatic heterocycles. The van der Waals surface area contributed by atoms with Crippen molar-refractivity contribution in [3.63, 3.8) is 0 Å². The van der Waals surface area contributed by atoms with Gasteiger partial charge in [-0.3, -0.25) is 0 Å². The van der Waals surface area contributed by atoms with E-state index in [-0.39, 0.29) is 5.60 Å². The molecule has 15 heavy (non-hydrogen) atoms. The quantitative estimate of drug-likeness (QED) is 0.736. The molecule has 2 heterocycles. The minimum atomic E-state index is -0.504. The minimum absolute atomic E-state index is 0.173. The standard InChI is InChI=1S/C9H17N5O/c1-3-8(2)6-9(10,4-5-15-8)7-11-13-14-12-7/h3-6,10H2,1-2H3,(H,11,12,13,14). The second kappa shape index (κ2) is 3.53. The van der Waals surface area contributed by atoms with Crippen molar-refractivity contribution in [3.8, 4) is 0 Å². The van der Waals surface area contributed by atoms with Crippen molar-refractivity contribution < 1.29 is 4.74 Å². The van der Waals surface area contributed by atoms with Crippen molar-refractivity contribution in [2.24, 2.45) is 5.73 Å².